The van der Waals surface area contributed by atoms with Crippen molar-refractivity contribution in [3.63, 3.8) is 0 Å². The molecule has 4 rings (SSSR count). The van der Waals surface area contributed by atoms with Crippen molar-refractivity contribution >= 4 is 33.5 Å². The summed E-state index contributed by atoms with van der Waals surface area (Å²) in [6, 6.07) is 11.7. The minimum Gasteiger partial charge on any atom is -0.508 e. The molecule has 12 heteroatoms. The minimum absolute atomic E-state index is 0.0179. The SMILES string of the molecule is O=C(c1ccc(O)cc1)c1ccc(O)c(O)c1O.[N-]=[N+]=C1C=Cc2c(cccc2S(=O)(=O)O)C1=O. The fourth-order valence-electron chi connectivity index (χ4n) is 3.11. The van der Waals surface area contributed by atoms with Crippen molar-refractivity contribution in [2.24, 2.45) is 0 Å². The molecule has 0 aliphatic heterocycles. The fourth-order valence-corrected chi connectivity index (χ4v) is 3.82. The van der Waals surface area contributed by atoms with Crippen LogP contribution in [0.2, 0.25) is 0 Å². The molecule has 3 aromatic carbocycles. The molecule has 0 unspecified atom stereocenters. The third kappa shape index (κ3) is 5.09. The predicted octanol–water partition coefficient (Wildman–Crippen LogP) is 2.55. The molecule has 0 aromatic heterocycles. The third-order valence-electron chi connectivity index (χ3n) is 4.84. The second-order valence-corrected chi connectivity index (χ2v) is 8.44. The monoisotopic (exact) mass is 496 g/mol. The summed E-state index contributed by atoms with van der Waals surface area (Å²) in [5.41, 5.74) is 8.64. The van der Waals surface area contributed by atoms with Crippen molar-refractivity contribution in [1.82, 2.24) is 0 Å². The van der Waals surface area contributed by atoms with E-state index in [4.69, 9.17) is 20.3 Å². The number of fused-ring (bicyclic) bond motifs is 1. The van der Waals surface area contributed by atoms with Crippen LogP contribution in [0.5, 0.6) is 23.0 Å². The molecule has 0 heterocycles. The van der Waals surface area contributed by atoms with Crippen LogP contribution in [0.3, 0.4) is 0 Å². The molecular weight excluding hydrogens is 480 g/mol. The van der Waals surface area contributed by atoms with Gasteiger partial charge >= 0.3 is 5.71 Å². The first-order chi connectivity index (χ1) is 16.5. The Morgan fingerprint density at radius 2 is 1.51 bits per heavy atom. The van der Waals surface area contributed by atoms with E-state index in [0.29, 0.717) is 0 Å². The number of hydrogen-bond acceptors (Lipinski definition) is 8. The molecular formula is C23H16N2O9S. The van der Waals surface area contributed by atoms with E-state index < -0.39 is 38.9 Å². The highest BCUT2D eigenvalue weighted by Gasteiger charge is 2.29. The zero-order valence-corrected chi connectivity index (χ0v) is 18.3. The van der Waals surface area contributed by atoms with E-state index in [-0.39, 0.29) is 38.6 Å². The van der Waals surface area contributed by atoms with Crippen LogP contribution < -0.4 is 0 Å². The van der Waals surface area contributed by atoms with Crippen molar-refractivity contribution in [3.05, 3.63) is 88.5 Å². The van der Waals surface area contributed by atoms with Gasteiger partial charge in [0.15, 0.2) is 17.3 Å². The Hall–Kier alpha value is -4.77. The highest BCUT2D eigenvalue weighted by molar-refractivity contribution is 7.86. The minimum atomic E-state index is -4.40. The first-order valence-electron chi connectivity index (χ1n) is 9.58. The second kappa shape index (κ2) is 9.61. The maximum absolute atomic E-state index is 12.0. The summed E-state index contributed by atoms with van der Waals surface area (Å²) in [6.07, 6.45) is 2.48. The van der Waals surface area contributed by atoms with E-state index in [1.165, 1.54) is 60.7 Å². The summed E-state index contributed by atoms with van der Waals surface area (Å²) < 4.78 is 31.2. The number of aromatic hydroxyl groups is 4. The van der Waals surface area contributed by atoms with Gasteiger partial charge in [-0.2, -0.15) is 13.2 Å². The number of phenolic OH excluding ortho intramolecular Hbond substituents is 4. The summed E-state index contributed by atoms with van der Waals surface area (Å²) >= 11 is 0. The number of Topliss-reactive ketones (excluding diaryl/α,β-unsaturated/α-hetero) is 1. The molecule has 11 nitrogen and oxygen atoms in total. The van der Waals surface area contributed by atoms with Crippen LogP contribution in [0.25, 0.3) is 11.6 Å². The molecule has 0 radical (unpaired) electrons. The molecule has 178 valence electrons. The number of carbonyl (C=O) groups excluding carboxylic acids is 2. The zero-order chi connectivity index (χ0) is 25.9. The number of rotatable bonds is 3. The average Bonchev–Trinajstić information content (AvgIpc) is 2.82. The lowest BCUT2D eigenvalue weighted by molar-refractivity contribution is -0.00436. The van der Waals surface area contributed by atoms with E-state index in [9.17, 15) is 28.2 Å². The highest BCUT2D eigenvalue weighted by atomic mass is 32.2. The van der Waals surface area contributed by atoms with Crippen LogP contribution in [0.4, 0.5) is 0 Å². The van der Waals surface area contributed by atoms with E-state index in [1.54, 1.807) is 0 Å². The van der Waals surface area contributed by atoms with E-state index in [0.717, 1.165) is 6.07 Å². The van der Waals surface area contributed by atoms with Crippen molar-refractivity contribution in [1.29, 1.82) is 0 Å². The van der Waals surface area contributed by atoms with E-state index in [2.05, 4.69) is 4.79 Å². The number of nitrogens with zero attached hydrogens (tertiary/aromatic N) is 2. The van der Waals surface area contributed by atoms with Gasteiger partial charge in [0.1, 0.15) is 10.6 Å². The standard InChI is InChI=1S/C13H10O5.C10H6N2O4S/c14-8-3-1-7(2-4-8)11(16)9-5-6-10(15)13(18)12(9)17;11-12-8-5-4-6-7(10(8)13)2-1-3-9(6)17(14,15)16/h1-6,14-15,17-18H;1-5H,(H,14,15,16). The number of hydrogen-bond donors (Lipinski definition) is 5. The molecule has 0 saturated carbocycles. The Morgan fingerprint density at radius 3 is 2.11 bits per heavy atom. The zero-order valence-electron chi connectivity index (χ0n) is 17.5. The van der Waals surface area contributed by atoms with Crippen molar-refractivity contribution in [2.45, 2.75) is 4.90 Å². The van der Waals surface area contributed by atoms with E-state index in [1.807, 2.05) is 0 Å². The lowest BCUT2D eigenvalue weighted by Crippen LogP contribution is -2.19. The molecule has 1 aliphatic carbocycles. The molecule has 1 aliphatic rings. The molecule has 3 aromatic rings. The maximum atomic E-state index is 12.0. The van der Waals surface area contributed by atoms with Gasteiger partial charge in [-0.15, -0.1) is 0 Å². The number of phenols is 4. The topological polar surface area (TPSA) is 206 Å². The van der Waals surface area contributed by atoms with Crippen LogP contribution in [-0.2, 0) is 10.1 Å². The molecule has 5 N–H and O–H groups in total. The Morgan fingerprint density at radius 1 is 0.857 bits per heavy atom. The summed E-state index contributed by atoms with van der Waals surface area (Å²) in [5, 5.41) is 37.2. The second-order valence-electron chi connectivity index (χ2n) is 7.05. The van der Waals surface area contributed by atoms with Gasteiger partial charge in [0.2, 0.25) is 5.75 Å². The summed E-state index contributed by atoms with van der Waals surface area (Å²) in [4.78, 5) is 26.2. The van der Waals surface area contributed by atoms with Gasteiger partial charge in [-0.05, 0) is 48.5 Å². The highest BCUT2D eigenvalue weighted by Crippen LogP contribution is 2.38. The van der Waals surface area contributed by atoms with Crippen LogP contribution in [0.15, 0.2) is 65.6 Å². The fraction of sp³-hybridized carbons (Fsp3) is 0. The molecule has 0 fully saturated rings. The van der Waals surface area contributed by atoms with Gasteiger partial charge in [0, 0.05) is 22.8 Å². The lowest BCUT2D eigenvalue weighted by Gasteiger charge is -2.09. The Kier molecular flexibility index (Phi) is 6.83. The number of benzene rings is 3. The molecule has 0 bridgehead atoms. The van der Waals surface area contributed by atoms with Gasteiger partial charge in [0.05, 0.1) is 5.56 Å². The Labute approximate surface area is 197 Å². The Balaban J connectivity index is 0.000000196. The smallest absolute Gasteiger partial charge is 0.362 e. The number of ketones is 2. The maximum Gasteiger partial charge on any atom is 0.362 e. The molecule has 0 amide bonds. The number of carbonyl (C=O) groups is 2. The normalized spacial score (nSPS) is 12.3. The van der Waals surface area contributed by atoms with Crippen molar-refractivity contribution in [2.75, 3.05) is 0 Å². The number of allylic oxidation sites excluding steroid dienone is 1. The lowest BCUT2D eigenvalue weighted by atomic mass is 9.95. The molecule has 35 heavy (non-hydrogen) atoms. The van der Waals surface area contributed by atoms with Crippen LogP contribution in [-0.4, -0.2) is 55.5 Å². The molecule has 0 spiro atoms. The molecule has 0 atom stereocenters. The quantitative estimate of drug-likeness (QED) is 0.119. The predicted molar refractivity (Wildman–Crippen MR) is 121 cm³/mol. The van der Waals surface area contributed by atoms with Crippen molar-refractivity contribution < 1.29 is 47.8 Å². The Bertz CT molecular complexity index is 1540. The van der Waals surface area contributed by atoms with Crippen LogP contribution >= 0.6 is 0 Å². The van der Waals surface area contributed by atoms with Crippen molar-refractivity contribution in [3.8, 4) is 23.0 Å². The first kappa shape index (κ1) is 24.9. The van der Waals surface area contributed by atoms with Gasteiger partial charge in [0.25, 0.3) is 15.9 Å². The first-order valence-corrected chi connectivity index (χ1v) is 11.0. The average molecular weight is 496 g/mol. The van der Waals surface area contributed by atoms with Crippen LogP contribution in [0, 0.1) is 0 Å². The molecule has 0 saturated heterocycles. The van der Waals surface area contributed by atoms with Gasteiger partial charge < -0.3 is 26.0 Å². The summed E-state index contributed by atoms with van der Waals surface area (Å²) in [7, 11) is -4.40. The van der Waals surface area contributed by atoms with Gasteiger partial charge in [-0.3, -0.25) is 14.1 Å². The third-order valence-corrected chi connectivity index (χ3v) is 5.75. The van der Waals surface area contributed by atoms with Gasteiger partial charge in [-0.25, -0.2) is 0 Å². The largest absolute Gasteiger partial charge is 0.508 e. The summed E-state index contributed by atoms with van der Waals surface area (Å²) in [6.45, 7) is 0. The van der Waals surface area contributed by atoms with Gasteiger partial charge in [-0.1, -0.05) is 12.1 Å². The summed E-state index contributed by atoms with van der Waals surface area (Å²) in [5.74, 6) is -3.02. The van der Waals surface area contributed by atoms with E-state index >= 15 is 0 Å². The van der Waals surface area contributed by atoms with Crippen LogP contribution in [0.1, 0.15) is 31.8 Å².